The molecule has 2 heterocycles. The fraction of sp³-hybridized carbons (Fsp3) is 0.571. The minimum Gasteiger partial charge on any atom is -0.365 e. The van der Waals surface area contributed by atoms with E-state index in [1.807, 2.05) is 38.1 Å². The molecule has 0 radical (unpaired) electrons. The third-order valence-electron chi connectivity index (χ3n) is 5.80. The quantitative estimate of drug-likeness (QED) is 0.458. The second-order valence-electron chi connectivity index (χ2n) is 8.29. The summed E-state index contributed by atoms with van der Waals surface area (Å²) in [6.45, 7) is 13.4. The number of likely N-dealkylation sites (tertiary alicyclic amines) is 1. The predicted octanol–water partition coefficient (Wildman–Crippen LogP) is 3.53. The molecule has 0 atom stereocenters. The molecule has 1 amide bonds. The van der Waals surface area contributed by atoms with Crippen molar-refractivity contribution in [2.24, 2.45) is 4.99 Å². The summed E-state index contributed by atoms with van der Waals surface area (Å²) in [5.74, 6) is 1.30. The summed E-state index contributed by atoms with van der Waals surface area (Å²) in [5.41, 5.74) is 3.99. The Morgan fingerprint density at radius 2 is 2.00 bits per heavy atom. The second kappa shape index (κ2) is 7.71. The zero-order chi connectivity index (χ0) is 19.6. The number of hydrogen-bond donors (Lipinski definition) is 2. The highest BCUT2D eigenvalue weighted by atomic mass is 16.2. The minimum absolute atomic E-state index is 0.0938. The van der Waals surface area contributed by atoms with Gasteiger partial charge in [-0.25, -0.2) is 4.99 Å². The Morgan fingerprint density at radius 1 is 1.33 bits per heavy atom. The van der Waals surface area contributed by atoms with Gasteiger partial charge in [0.15, 0.2) is 0 Å². The zero-order valence-corrected chi connectivity index (χ0v) is 16.9. The van der Waals surface area contributed by atoms with Crippen LogP contribution in [-0.4, -0.2) is 46.4 Å². The maximum Gasteiger partial charge on any atom is 0.254 e. The van der Waals surface area contributed by atoms with Gasteiger partial charge in [-0.15, -0.1) is 0 Å². The van der Waals surface area contributed by atoms with Crippen LogP contribution in [0.1, 0.15) is 64.9 Å². The lowest BCUT2D eigenvalue weighted by atomic mass is 9.90. The van der Waals surface area contributed by atoms with Crippen molar-refractivity contribution in [3.63, 3.8) is 0 Å². The van der Waals surface area contributed by atoms with E-state index in [1.54, 1.807) is 0 Å². The number of H-pyrrole nitrogens is 1. The van der Waals surface area contributed by atoms with Crippen LogP contribution in [0.15, 0.2) is 39.9 Å². The van der Waals surface area contributed by atoms with Gasteiger partial charge in [-0.2, -0.15) is 5.10 Å². The first-order valence-corrected chi connectivity index (χ1v) is 9.76. The number of hydrogen-bond acceptors (Lipinski definition) is 4. The number of allylic oxidation sites excluding steroid dienone is 1. The third-order valence-corrected chi connectivity index (χ3v) is 5.80. The standard InChI is InChI=1S/C21H31N5O/c1-14(2)18(15(3)19(22-5)25-21(4)8-9-21)20(27)26-10-6-16(7-11-26)17-12-23-24-13-17/h12-13,16,25H,5-11H2,1-4H3,(H,23,24)/b19-15-. The SMILES string of the molecule is C=N/C(NC1(C)CC1)=C(\C)C(C(=O)N1CCC(c2cn[nH]c2)CC1)=C(C)C. The Balaban J connectivity index is 1.74. The number of carbonyl (C=O) groups excluding carboxylic acids is 1. The molecule has 1 aromatic rings. The van der Waals surface area contributed by atoms with Crippen molar-refractivity contribution in [3.05, 3.63) is 40.5 Å². The Morgan fingerprint density at radius 3 is 2.48 bits per heavy atom. The van der Waals surface area contributed by atoms with Crippen molar-refractivity contribution in [2.45, 2.75) is 64.8 Å². The van der Waals surface area contributed by atoms with Crippen molar-refractivity contribution in [2.75, 3.05) is 13.1 Å². The van der Waals surface area contributed by atoms with Gasteiger partial charge in [0.1, 0.15) is 5.82 Å². The maximum absolute atomic E-state index is 13.3. The number of aromatic amines is 1. The number of aromatic nitrogens is 2. The molecule has 27 heavy (non-hydrogen) atoms. The minimum atomic E-state index is 0.0938. The van der Waals surface area contributed by atoms with E-state index in [9.17, 15) is 4.79 Å². The molecule has 6 nitrogen and oxygen atoms in total. The molecule has 1 aliphatic carbocycles. The van der Waals surface area contributed by atoms with Crippen molar-refractivity contribution in [1.29, 1.82) is 0 Å². The molecule has 6 heteroatoms. The van der Waals surface area contributed by atoms with Crippen LogP contribution in [0.25, 0.3) is 0 Å². The van der Waals surface area contributed by atoms with Gasteiger partial charge in [-0.1, -0.05) is 5.57 Å². The monoisotopic (exact) mass is 369 g/mol. The summed E-state index contributed by atoms with van der Waals surface area (Å²) >= 11 is 0. The fourth-order valence-electron chi connectivity index (χ4n) is 3.78. The van der Waals surface area contributed by atoms with Crippen molar-refractivity contribution < 1.29 is 4.79 Å². The zero-order valence-electron chi connectivity index (χ0n) is 16.9. The Labute approximate surface area is 161 Å². The normalized spacial score (nSPS) is 19.9. The summed E-state index contributed by atoms with van der Waals surface area (Å²) in [5, 5.41) is 10.4. The molecule has 1 aromatic heterocycles. The lowest BCUT2D eigenvalue weighted by Gasteiger charge is -2.33. The van der Waals surface area contributed by atoms with Crippen LogP contribution in [-0.2, 0) is 4.79 Å². The van der Waals surface area contributed by atoms with Crippen LogP contribution in [0.2, 0.25) is 0 Å². The third kappa shape index (κ3) is 4.31. The Kier molecular flexibility index (Phi) is 5.53. The smallest absolute Gasteiger partial charge is 0.254 e. The van der Waals surface area contributed by atoms with E-state index in [0.29, 0.717) is 5.92 Å². The molecule has 1 saturated heterocycles. The number of nitrogens with zero attached hydrogens (tertiary/aromatic N) is 3. The number of piperidine rings is 1. The van der Waals surface area contributed by atoms with E-state index < -0.39 is 0 Å². The molecule has 2 N–H and O–H groups in total. The summed E-state index contributed by atoms with van der Waals surface area (Å²) < 4.78 is 0. The van der Waals surface area contributed by atoms with Gasteiger partial charge >= 0.3 is 0 Å². The molecule has 0 bridgehead atoms. The molecular formula is C21H31N5O. The summed E-state index contributed by atoms with van der Waals surface area (Å²) in [7, 11) is 0. The number of nitrogens with one attached hydrogen (secondary N) is 2. The highest BCUT2D eigenvalue weighted by Gasteiger charge is 2.38. The number of rotatable bonds is 6. The lowest BCUT2D eigenvalue weighted by molar-refractivity contribution is -0.128. The van der Waals surface area contributed by atoms with Crippen molar-refractivity contribution in [3.8, 4) is 0 Å². The van der Waals surface area contributed by atoms with E-state index in [4.69, 9.17) is 0 Å². The van der Waals surface area contributed by atoms with Crippen LogP contribution in [0.4, 0.5) is 0 Å². The van der Waals surface area contributed by atoms with Gasteiger partial charge in [0, 0.05) is 36.0 Å². The summed E-state index contributed by atoms with van der Waals surface area (Å²) in [4.78, 5) is 19.5. The van der Waals surface area contributed by atoms with Crippen LogP contribution in [0.3, 0.4) is 0 Å². The topological polar surface area (TPSA) is 73.4 Å². The van der Waals surface area contributed by atoms with Crippen molar-refractivity contribution in [1.82, 2.24) is 20.4 Å². The van der Waals surface area contributed by atoms with E-state index in [2.05, 4.69) is 34.1 Å². The first-order chi connectivity index (χ1) is 12.8. The number of aliphatic imine (C=N–C) groups is 1. The first-order valence-electron chi connectivity index (χ1n) is 9.76. The molecule has 1 aliphatic heterocycles. The summed E-state index contributed by atoms with van der Waals surface area (Å²) in [6, 6.07) is 0. The predicted molar refractivity (Wildman–Crippen MR) is 109 cm³/mol. The van der Waals surface area contributed by atoms with Gasteiger partial charge < -0.3 is 10.2 Å². The first kappa shape index (κ1) is 19.4. The molecule has 3 rings (SSSR count). The van der Waals surface area contributed by atoms with Gasteiger partial charge in [-0.3, -0.25) is 9.89 Å². The van der Waals surface area contributed by atoms with Crippen molar-refractivity contribution >= 4 is 12.6 Å². The maximum atomic E-state index is 13.3. The van der Waals surface area contributed by atoms with Crippen LogP contribution >= 0.6 is 0 Å². The van der Waals surface area contributed by atoms with Crippen LogP contribution in [0, 0.1) is 0 Å². The van der Waals surface area contributed by atoms with Gasteiger partial charge in [0.2, 0.25) is 0 Å². The molecule has 2 aliphatic rings. The van der Waals surface area contributed by atoms with E-state index in [-0.39, 0.29) is 11.4 Å². The average Bonchev–Trinajstić information content (AvgIpc) is 3.14. The molecule has 1 saturated carbocycles. The van der Waals surface area contributed by atoms with Crippen LogP contribution < -0.4 is 5.32 Å². The second-order valence-corrected chi connectivity index (χ2v) is 8.29. The molecule has 0 spiro atoms. The van der Waals surface area contributed by atoms with Gasteiger partial charge in [0.05, 0.1) is 6.20 Å². The molecule has 0 aromatic carbocycles. The van der Waals surface area contributed by atoms with E-state index in [1.165, 1.54) is 5.56 Å². The molecule has 2 fully saturated rings. The van der Waals surface area contributed by atoms with E-state index in [0.717, 1.165) is 61.3 Å². The highest BCUT2D eigenvalue weighted by molar-refractivity contribution is 5.98. The van der Waals surface area contributed by atoms with E-state index >= 15 is 0 Å². The van der Waals surface area contributed by atoms with Gasteiger partial charge in [-0.05, 0) is 71.6 Å². The number of amides is 1. The van der Waals surface area contributed by atoms with Gasteiger partial charge in [0.25, 0.3) is 5.91 Å². The largest absolute Gasteiger partial charge is 0.365 e. The Hall–Kier alpha value is -2.37. The fourth-order valence-corrected chi connectivity index (χ4v) is 3.78. The molecular weight excluding hydrogens is 338 g/mol. The highest BCUT2D eigenvalue weighted by Crippen LogP contribution is 2.36. The summed E-state index contributed by atoms with van der Waals surface area (Å²) in [6.07, 6.45) is 8.03. The lowest BCUT2D eigenvalue weighted by Crippen LogP contribution is -2.39. The Bertz CT molecular complexity index is 759. The van der Waals surface area contributed by atoms with Crippen LogP contribution in [0.5, 0.6) is 0 Å². The molecule has 146 valence electrons. The molecule has 0 unspecified atom stereocenters. The average molecular weight is 370 g/mol. The number of carbonyl (C=O) groups is 1.